The van der Waals surface area contributed by atoms with Crippen LogP contribution in [0.1, 0.15) is 5.76 Å². The summed E-state index contributed by atoms with van der Waals surface area (Å²) in [4.78, 5) is 0. The van der Waals surface area contributed by atoms with Gasteiger partial charge in [0.25, 0.3) is 0 Å². The first-order chi connectivity index (χ1) is 8.25. The van der Waals surface area contributed by atoms with E-state index in [1.165, 1.54) is 6.21 Å². The molecule has 0 radical (unpaired) electrons. The molecular formula is C12H12N4O. The number of guanidine groups is 1. The normalized spacial score (nSPS) is 10.6. The van der Waals surface area contributed by atoms with Crippen molar-refractivity contribution in [2.75, 3.05) is 0 Å². The van der Waals surface area contributed by atoms with Crippen molar-refractivity contribution in [3.63, 3.8) is 0 Å². The van der Waals surface area contributed by atoms with E-state index in [9.17, 15) is 0 Å². The van der Waals surface area contributed by atoms with Crippen molar-refractivity contribution < 1.29 is 4.42 Å². The fourth-order valence-corrected chi connectivity index (χ4v) is 1.33. The van der Waals surface area contributed by atoms with E-state index < -0.39 is 0 Å². The predicted octanol–water partition coefficient (Wildman–Crippen LogP) is 1.55. The van der Waals surface area contributed by atoms with E-state index in [4.69, 9.17) is 15.9 Å². The van der Waals surface area contributed by atoms with Crippen molar-refractivity contribution in [1.82, 2.24) is 0 Å². The maximum atomic E-state index is 5.55. The van der Waals surface area contributed by atoms with Crippen molar-refractivity contribution in [1.29, 1.82) is 0 Å². The minimum Gasteiger partial charge on any atom is -0.455 e. The van der Waals surface area contributed by atoms with Gasteiger partial charge in [-0.1, -0.05) is 30.3 Å². The molecule has 0 saturated carbocycles. The van der Waals surface area contributed by atoms with Crippen LogP contribution in [0.25, 0.3) is 11.3 Å². The fraction of sp³-hybridized carbons (Fsp3) is 0. The average Bonchev–Trinajstić information content (AvgIpc) is 2.78. The Morgan fingerprint density at radius 2 is 1.82 bits per heavy atom. The summed E-state index contributed by atoms with van der Waals surface area (Å²) >= 11 is 0. The van der Waals surface area contributed by atoms with Crippen LogP contribution < -0.4 is 11.5 Å². The third-order valence-electron chi connectivity index (χ3n) is 2.04. The topological polar surface area (TPSA) is 89.9 Å². The summed E-state index contributed by atoms with van der Waals surface area (Å²) < 4.78 is 5.55. The minimum absolute atomic E-state index is 0.0870. The molecule has 2 rings (SSSR count). The Morgan fingerprint density at radius 1 is 1.06 bits per heavy atom. The molecule has 0 saturated heterocycles. The number of nitrogens with zero attached hydrogens (tertiary/aromatic N) is 2. The zero-order chi connectivity index (χ0) is 12.1. The van der Waals surface area contributed by atoms with Crippen LogP contribution in [0.5, 0.6) is 0 Å². The zero-order valence-electron chi connectivity index (χ0n) is 9.08. The first-order valence-electron chi connectivity index (χ1n) is 5.03. The maximum absolute atomic E-state index is 5.55. The zero-order valence-corrected chi connectivity index (χ0v) is 9.08. The predicted molar refractivity (Wildman–Crippen MR) is 67.5 cm³/mol. The number of rotatable bonds is 3. The van der Waals surface area contributed by atoms with Gasteiger partial charge in [-0.15, -0.1) is 5.10 Å². The van der Waals surface area contributed by atoms with Gasteiger partial charge in [-0.25, -0.2) is 0 Å². The standard InChI is InChI=1S/C12H12N4O/c13-12(14)16-15-8-10-6-7-11(17-10)9-4-2-1-3-5-9/h1-8H,(H4,13,14,16)/b15-8+. The van der Waals surface area contributed by atoms with Gasteiger partial charge < -0.3 is 15.9 Å². The lowest BCUT2D eigenvalue weighted by Crippen LogP contribution is -2.21. The smallest absolute Gasteiger partial charge is 0.211 e. The van der Waals surface area contributed by atoms with Crippen LogP contribution in [0.3, 0.4) is 0 Å². The molecule has 0 aliphatic rings. The molecule has 0 aliphatic carbocycles. The summed E-state index contributed by atoms with van der Waals surface area (Å²) in [6.07, 6.45) is 1.45. The quantitative estimate of drug-likeness (QED) is 0.474. The van der Waals surface area contributed by atoms with Crippen molar-refractivity contribution >= 4 is 12.2 Å². The van der Waals surface area contributed by atoms with Gasteiger partial charge >= 0.3 is 0 Å². The first kappa shape index (κ1) is 10.9. The molecule has 5 nitrogen and oxygen atoms in total. The highest BCUT2D eigenvalue weighted by atomic mass is 16.3. The molecule has 0 aliphatic heterocycles. The van der Waals surface area contributed by atoms with Gasteiger partial charge in [-0.2, -0.15) is 5.10 Å². The van der Waals surface area contributed by atoms with Crippen molar-refractivity contribution in [3.8, 4) is 11.3 Å². The third-order valence-corrected chi connectivity index (χ3v) is 2.04. The molecule has 0 spiro atoms. The highest BCUT2D eigenvalue weighted by molar-refractivity contribution is 5.80. The van der Waals surface area contributed by atoms with Gasteiger partial charge in [-0.3, -0.25) is 0 Å². The van der Waals surface area contributed by atoms with E-state index in [2.05, 4.69) is 10.2 Å². The second-order valence-corrected chi connectivity index (χ2v) is 3.34. The van der Waals surface area contributed by atoms with Crippen LogP contribution in [0.2, 0.25) is 0 Å². The molecule has 4 N–H and O–H groups in total. The van der Waals surface area contributed by atoms with Gasteiger partial charge in [0, 0.05) is 5.56 Å². The molecule has 1 aromatic heterocycles. The van der Waals surface area contributed by atoms with E-state index in [0.717, 1.165) is 11.3 Å². The third kappa shape index (κ3) is 2.94. The van der Waals surface area contributed by atoms with Gasteiger partial charge in [-0.05, 0) is 12.1 Å². The Morgan fingerprint density at radius 3 is 2.53 bits per heavy atom. The largest absolute Gasteiger partial charge is 0.455 e. The summed E-state index contributed by atoms with van der Waals surface area (Å²) in [5.41, 5.74) is 11.3. The Balaban J connectivity index is 2.17. The Kier molecular flexibility index (Phi) is 3.20. The summed E-state index contributed by atoms with van der Waals surface area (Å²) in [6.45, 7) is 0. The van der Waals surface area contributed by atoms with Crippen molar-refractivity contribution in [2.24, 2.45) is 21.7 Å². The van der Waals surface area contributed by atoms with Crippen molar-refractivity contribution in [2.45, 2.75) is 0 Å². The summed E-state index contributed by atoms with van der Waals surface area (Å²) in [5.74, 6) is 1.28. The van der Waals surface area contributed by atoms with Crippen molar-refractivity contribution in [3.05, 3.63) is 48.2 Å². The molecule has 5 heteroatoms. The molecule has 1 heterocycles. The Bertz CT molecular complexity index is 539. The first-order valence-corrected chi connectivity index (χ1v) is 5.03. The summed E-state index contributed by atoms with van der Waals surface area (Å²) in [6, 6.07) is 13.5. The average molecular weight is 228 g/mol. The van der Waals surface area contributed by atoms with Gasteiger partial charge in [0.2, 0.25) is 5.96 Å². The minimum atomic E-state index is -0.0870. The molecule has 2 aromatic rings. The number of hydrogen-bond donors (Lipinski definition) is 2. The molecular weight excluding hydrogens is 216 g/mol. The molecule has 0 fully saturated rings. The van der Waals surface area contributed by atoms with E-state index in [-0.39, 0.29) is 5.96 Å². The number of benzene rings is 1. The SMILES string of the molecule is NC(N)=N/N=C/c1ccc(-c2ccccc2)o1. The van der Waals surface area contributed by atoms with E-state index >= 15 is 0 Å². The van der Waals surface area contributed by atoms with Crippen LogP contribution in [-0.2, 0) is 0 Å². The summed E-state index contributed by atoms with van der Waals surface area (Å²) in [7, 11) is 0. The van der Waals surface area contributed by atoms with E-state index in [1.54, 1.807) is 6.07 Å². The molecule has 0 bridgehead atoms. The Labute approximate surface area is 98.5 Å². The molecule has 1 aromatic carbocycles. The number of furan rings is 1. The monoisotopic (exact) mass is 228 g/mol. The Hall–Kier alpha value is -2.56. The summed E-state index contributed by atoms with van der Waals surface area (Å²) in [5, 5.41) is 7.15. The lowest BCUT2D eigenvalue weighted by Gasteiger charge is -1.94. The number of nitrogens with two attached hydrogens (primary N) is 2. The lowest BCUT2D eigenvalue weighted by atomic mass is 10.2. The van der Waals surface area contributed by atoms with E-state index in [1.807, 2.05) is 36.4 Å². The molecule has 0 amide bonds. The number of hydrogen-bond acceptors (Lipinski definition) is 3. The molecule has 0 atom stereocenters. The molecule has 17 heavy (non-hydrogen) atoms. The highest BCUT2D eigenvalue weighted by Gasteiger charge is 2.01. The van der Waals surface area contributed by atoms with Crippen LogP contribution in [-0.4, -0.2) is 12.2 Å². The molecule has 86 valence electrons. The van der Waals surface area contributed by atoms with Gasteiger partial charge in [0.05, 0.1) is 6.21 Å². The fourth-order valence-electron chi connectivity index (χ4n) is 1.33. The lowest BCUT2D eigenvalue weighted by molar-refractivity contribution is 0.575. The maximum Gasteiger partial charge on any atom is 0.211 e. The molecule has 0 unspecified atom stereocenters. The van der Waals surface area contributed by atoms with Crippen LogP contribution in [0, 0.1) is 0 Å². The second-order valence-electron chi connectivity index (χ2n) is 3.34. The van der Waals surface area contributed by atoms with Crippen LogP contribution in [0.15, 0.2) is 57.1 Å². The van der Waals surface area contributed by atoms with Gasteiger partial charge in [0.15, 0.2) is 0 Å². The van der Waals surface area contributed by atoms with E-state index in [0.29, 0.717) is 5.76 Å². The van der Waals surface area contributed by atoms with Crippen LogP contribution in [0.4, 0.5) is 0 Å². The highest BCUT2D eigenvalue weighted by Crippen LogP contribution is 2.20. The van der Waals surface area contributed by atoms with Gasteiger partial charge in [0.1, 0.15) is 11.5 Å². The van der Waals surface area contributed by atoms with Crippen LogP contribution >= 0.6 is 0 Å². The second kappa shape index (κ2) is 4.98.